The van der Waals surface area contributed by atoms with Gasteiger partial charge in [0.15, 0.2) is 11.7 Å². The quantitative estimate of drug-likeness (QED) is 0.604. The number of hydrogen-bond acceptors (Lipinski definition) is 4. The van der Waals surface area contributed by atoms with E-state index in [9.17, 15) is 13.2 Å². The number of nitrogens with one attached hydrogen (secondary N) is 2. The molecule has 9 heteroatoms. The third-order valence-electron chi connectivity index (χ3n) is 3.29. The highest BCUT2D eigenvalue weighted by Gasteiger charge is 2.33. The van der Waals surface area contributed by atoms with Crippen LogP contribution in [0.5, 0.6) is 5.75 Å². The smallest absolute Gasteiger partial charge is 0.434 e. The molecule has 0 unspecified atom stereocenters. The van der Waals surface area contributed by atoms with Gasteiger partial charge in [-0.05, 0) is 17.7 Å². The zero-order valence-corrected chi connectivity index (χ0v) is 14.7. The summed E-state index contributed by atoms with van der Waals surface area (Å²) in [6, 6.07) is 7.62. The van der Waals surface area contributed by atoms with E-state index in [0.29, 0.717) is 30.5 Å². The Hall–Kier alpha value is -2.29. The fourth-order valence-corrected chi connectivity index (χ4v) is 2.84. The minimum atomic E-state index is -4.39. The molecular formula is C16H19F3N4OS. The average Bonchev–Trinajstić information content (AvgIpc) is 3.07. The van der Waals surface area contributed by atoms with Gasteiger partial charge < -0.3 is 15.4 Å². The van der Waals surface area contributed by atoms with Crippen LogP contribution in [-0.4, -0.2) is 31.6 Å². The van der Waals surface area contributed by atoms with E-state index in [1.54, 1.807) is 14.2 Å². The maximum atomic E-state index is 12.5. The van der Waals surface area contributed by atoms with E-state index in [-0.39, 0.29) is 0 Å². The summed E-state index contributed by atoms with van der Waals surface area (Å²) in [7, 11) is 3.24. The van der Waals surface area contributed by atoms with Crippen molar-refractivity contribution >= 4 is 17.3 Å². The first-order chi connectivity index (χ1) is 11.9. The third kappa shape index (κ3) is 5.93. The largest absolute Gasteiger partial charge is 0.497 e. The Morgan fingerprint density at radius 2 is 2.12 bits per heavy atom. The molecule has 0 radical (unpaired) electrons. The SMILES string of the molecule is CN=C(NCCc1nc(C(F)(F)F)cs1)NCc1cccc(OC)c1. The molecule has 0 aliphatic heterocycles. The van der Waals surface area contributed by atoms with Gasteiger partial charge in [0, 0.05) is 31.9 Å². The van der Waals surface area contributed by atoms with Crippen molar-refractivity contribution in [1.82, 2.24) is 15.6 Å². The van der Waals surface area contributed by atoms with E-state index in [2.05, 4.69) is 20.6 Å². The van der Waals surface area contributed by atoms with Crippen molar-refractivity contribution in [2.24, 2.45) is 4.99 Å². The molecule has 5 nitrogen and oxygen atoms in total. The van der Waals surface area contributed by atoms with Gasteiger partial charge in [-0.25, -0.2) is 4.98 Å². The van der Waals surface area contributed by atoms with Crippen molar-refractivity contribution in [2.45, 2.75) is 19.1 Å². The van der Waals surface area contributed by atoms with Crippen LogP contribution < -0.4 is 15.4 Å². The van der Waals surface area contributed by atoms with Crippen LogP contribution in [0.4, 0.5) is 13.2 Å². The molecule has 25 heavy (non-hydrogen) atoms. The molecule has 2 aromatic rings. The number of thiazole rings is 1. The summed E-state index contributed by atoms with van der Waals surface area (Å²) in [5.41, 5.74) is 0.185. The highest BCUT2D eigenvalue weighted by atomic mass is 32.1. The standard InChI is InChI=1S/C16H19F3N4OS/c1-20-15(22-9-11-4-3-5-12(8-11)24-2)21-7-6-14-23-13(10-25-14)16(17,18)19/h3-5,8,10H,6-7,9H2,1-2H3,(H2,20,21,22). The van der Waals surface area contributed by atoms with Crippen LogP contribution in [0.25, 0.3) is 0 Å². The van der Waals surface area contributed by atoms with E-state index in [1.165, 1.54) is 0 Å². The molecule has 0 bridgehead atoms. The molecule has 1 aromatic carbocycles. The van der Waals surface area contributed by atoms with Gasteiger partial charge in [0.2, 0.25) is 0 Å². The van der Waals surface area contributed by atoms with E-state index >= 15 is 0 Å². The fraction of sp³-hybridized carbons (Fsp3) is 0.375. The molecule has 0 amide bonds. The van der Waals surface area contributed by atoms with Crippen LogP contribution in [0.2, 0.25) is 0 Å². The first-order valence-electron chi connectivity index (χ1n) is 7.51. The van der Waals surface area contributed by atoms with E-state index in [4.69, 9.17) is 4.74 Å². The number of aliphatic imine (C=N–C) groups is 1. The number of aromatic nitrogens is 1. The predicted molar refractivity (Wildman–Crippen MR) is 92.0 cm³/mol. The second kappa shape index (κ2) is 8.70. The monoisotopic (exact) mass is 372 g/mol. The summed E-state index contributed by atoms with van der Waals surface area (Å²) < 4.78 is 42.7. The highest BCUT2D eigenvalue weighted by Crippen LogP contribution is 2.29. The first kappa shape index (κ1) is 19.0. The van der Waals surface area contributed by atoms with Crippen LogP contribution in [0.3, 0.4) is 0 Å². The number of alkyl halides is 3. The summed E-state index contributed by atoms with van der Waals surface area (Å²) in [5.74, 6) is 1.34. The Morgan fingerprint density at radius 3 is 2.76 bits per heavy atom. The second-order valence-corrected chi connectivity index (χ2v) is 6.02. The van der Waals surface area contributed by atoms with Crippen LogP contribution in [0, 0.1) is 0 Å². The molecule has 0 spiro atoms. The van der Waals surface area contributed by atoms with Gasteiger partial charge in [-0.1, -0.05) is 12.1 Å². The Morgan fingerprint density at radius 1 is 1.32 bits per heavy atom. The van der Waals surface area contributed by atoms with Crippen LogP contribution in [0.15, 0.2) is 34.6 Å². The summed E-state index contributed by atoms with van der Waals surface area (Å²) in [6.45, 7) is 0.981. The van der Waals surface area contributed by atoms with Crippen molar-refractivity contribution < 1.29 is 17.9 Å². The summed E-state index contributed by atoms with van der Waals surface area (Å²) >= 11 is 1.00. The minimum absolute atomic E-state index is 0.389. The second-order valence-electron chi connectivity index (χ2n) is 5.08. The minimum Gasteiger partial charge on any atom is -0.497 e. The lowest BCUT2D eigenvalue weighted by Gasteiger charge is -2.12. The number of rotatable bonds is 6. The number of hydrogen-bond donors (Lipinski definition) is 2. The number of ether oxygens (including phenoxy) is 1. The van der Waals surface area contributed by atoms with Gasteiger partial charge >= 0.3 is 6.18 Å². The summed E-state index contributed by atoms with van der Waals surface area (Å²) in [6.07, 6.45) is -4.00. The number of methoxy groups -OCH3 is 1. The molecule has 0 saturated carbocycles. The van der Waals surface area contributed by atoms with Crippen molar-refractivity contribution in [3.8, 4) is 5.75 Å². The van der Waals surface area contributed by atoms with Crippen LogP contribution in [0.1, 0.15) is 16.3 Å². The number of guanidine groups is 1. The Kier molecular flexibility index (Phi) is 6.63. The Labute approximate surface area is 148 Å². The fourth-order valence-electron chi connectivity index (χ4n) is 2.03. The summed E-state index contributed by atoms with van der Waals surface area (Å²) in [5, 5.41) is 7.66. The van der Waals surface area contributed by atoms with E-state index in [0.717, 1.165) is 28.0 Å². The third-order valence-corrected chi connectivity index (χ3v) is 4.20. The Bertz CT molecular complexity index is 715. The molecule has 0 aliphatic rings. The van der Waals surface area contributed by atoms with Crippen LogP contribution in [-0.2, 0) is 19.1 Å². The molecule has 2 N–H and O–H groups in total. The van der Waals surface area contributed by atoms with Crippen molar-refractivity contribution in [2.75, 3.05) is 20.7 Å². The molecule has 136 valence electrons. The van der Waals surface area contributed by atoms with E-state index < -0.39 is 11.9 Å². The van der Waals surface area contributed by atoms with Crippen molar-refractivity contribution in [3.05, 3.63) is 45.9 Å². The van der Waals surface area contributed by atoms with Gasteiger partial charge in [-0.15, -0.1) is 11.3 Å². The van der Waals surface area contributed by atoms with Gasteiger partial charge in [0.1, 0.15) is 5.75 Å². The van der Waals surface area contributed by atoms with E-state index in [1.807, 2.05) is 24.3 Å². The highest BCUT2D eigenvalue weighted by molar-refractivity contribution is 7.09. The lowest BCUT2D eigenvalue weighted by atomic mass is 10.2. The maximum absolute atomic E-state index is 12.5. The zero-order chi connectivity index (χ0) is 18.3. The molecule has 1 aromatic heterocycles. The number of nitrogens with zero attached hydrogens (tertiary/aromatic N) is 2. The molecular weight excluding hydrogens is 353 g/mol. The normalized spacial score (nSPS) is 12.1. The number of halogens is 3. The van der Waals surface area contributed by atoms with Gasteiger partial charge in [-0.2, -0.15) is 13.2 Å². The lowest BCUT2D eigenvalue weighted by Crippen LogP contribution is -2.37. The Balaban J connectivity index is 1.79. The summed E-state index contributed by atoms with van der Waals surface area (Å²) in [4.78, 5) is 7.68. The van der Waals surface area contributed by atoms with Gasteiger partial charge in [-0.3, -0.25) is 4.99 Å². The zero-order valence-electron chi connectivity index (χ0n) is 13.9. The topological polar surface area (TPSA) is 58.5 Å². The average molecular weight is 372 g/mol. The molecule has 0 aliphatic carbocycles. The van der Waals surface area contributed by atoms with Crippen molar-refractivity contribution in [3.63, 3.8) is 0 Å². The van der Waals surface area contributed by atoms with Crippen LogP contribution >= 0.6 is 11.3 Å². The first-order valence-corrected chi connectivity index (χ1v) is 8.39. The lowest BCUT2D eigenvalue weighted by molar-refractivity contribution is -0.140. The number of benzene rings is 1. The molecule has 2 rings (SSSR count). The molecule has 0 atom stereocenters. The van der Waals surface area contributed by atoms with Crippen molar-refractivity contribution in [1.29, 1.82) is 0 Å². The molecule has 0 saturated heterocycles. The molecule has 0 fully saturated rings. The predicted octanol–water partition coefficient (Wildman–Crippen LogP) is 3.08. The molecule has 1 heterocycles. The van der Waals surface area contributed by atoms with Gasteiger partial charge in [0.25, 0.3) is 0 Å². The van der Waals surface area contributed by atoms with Gasteiger partial charge in [0.05, 0.1) is 12.1 Å². The maximum Gasteiger partial charge on any atom is 0.434 e.